The lowest BCUT2D eigenvalue weighted by molar-refractivity contribution is -0.148. The molecule has 1 atom stereocenters. The van der Waals surface area contributed by atoms with E-state index in [0.717, 1.165) is 36.0 Å². The van der Waals surface area contributed by atoms with Crippen LogP contribution in [-0.2, 0) is 27.2 Å². The molecule has 0 unspecified atom stereocenters. The van der Waals surface area contributed by atoms with Gasteiger partial charge in [0.25, 0.3) is 11.8 Å². The molecule has 0 aliphatic heterocycles. The number of hydrogen-bond donors (Lipinski definition) is 3. The summed E-state index contributed by atoms with van der Waals surface area (Å²) in [5, 5.41) is 15.6. The molecule has 3 aromatic rings. The van der Waals surface area contributed by atoms with Crippen LogP contribution in [0.25, 0.3) is 5.57 Å². The van der Waals surface area contributed by atoms with E-state index in [4.69, 9.17) is 27.9 Å². The summed E-state index contributed by atoms with van der Waals surface area (Å²) in [7, 11) is 0. The summed E-state index contributed by atoms with van der Waals surface area (Å²) in [4.78, 5) is 50.1. The monoisotopic (exact) mass is 622 g/mol. The molecular weight excluding hydrogens is 591 g/mol. The van der Waals surface area contributed by atoms with Gasteiger partial charge in [-0.25, -0.2) is 9.59 Å². The SMILES string of the molecule is CC(C)(C)OC(=O)/C=C1\CCCc2cc(C(=O)N[C@@H](Cc3ccc(NC(=O)c4c(Cl)cccc4Cl)cc3)C(=O)O)ccc21. The molecule has 3 N–H and O–H groups in total. The molecule has 0 fully saturated rings. The van der Waals surface area contributed by atoms with Crippen molar-refractivity contribution in [3.8, 4) is 0 Å². The average Bonchev–Trinajstić information content (AvgIpc) is 2.92. The third-order valence-electron chi connectivity index (χ3n) is 6.75. The predicted molar refractivity (Wildman–Crippen MR) is 167 cm³/mol. The van der Waals surface area contributed by atoms with E-state index in [2.05, 4.69) is 10.6 Å². The number of halogens is 2. The second-order valence-corrected chi connectivity index (χ2v) is 12.1. The first-order valence-electron chi connectivity index (χ1n) is 13.8. The summed E-state index contributed by atoms with van der Waals surface area (Å²) >= 11 is 12.2. The highest BCUT2D eigenvalue weighted by molar-refractivity contribution is 6.40. The highest BCUT2D eigenvalue weighted by Gasteiger charge is 2.24. The Morgan fingerprint density at radius 1 is 0.953 bits per heavy atom. The molecule has 224 valence electrons. The average molecular weight is 624 g/mol. The summed E-state index contributed by atoms with van der Waals surface area (Å²) in [5.41, 5.74) is 3.64. The molecule has 4 rings (SSSR count). The number of ether oxygens (including phenoxy) is 1. The highest BCUT2D eigenvalue weighted by atomic mass is 35.5. The van der Waals surface area contributed by atoms with E-state index in [0.29, 0.717) is 16.8 Å². The Bertz CT molecular complexity index is 1570. The van der Waals surface area contributed by atoms with Crippen LogP contribution in [0, 0.1) is 0 Å². The van der Waals surface area contributed by atoms with E-state index in [1.165, 1.54) is 6.08 Å². The first kappa shape index (κ1) is 31.8. The lowest BCUT2D eigenvalue weighted by Crippen LogP contribution is -2.42. The van der Waals surface area contributed by atoms with Gasteiger partial charge < -0.3 is 20.5 Å². The molecule has 0 aromatic heterocycles. The van der Waals surface area contributed by atoms with Crippen LogP contribution in [0.4, 0.5) is 5.69 Å². The minimum atomic E-state index is -1.19. The number of carboxylic acid groups (broad SMARTS) is 1. The molecule has 10 heteroatoms. The summed E-state index contributed by atoms with van der Waals surface area (Å²) in [6.45, 7) is 5.42. The van der Waals surface area contributed by atoms with Crippen molar-refractivity contribution in [3.05, 3.63) is 105 Å². The molecule has 1 aliphatic carbocycles. The zero-order valence-corrected chi connectivity index (χ0v) is 25.5. The molecular formula is C33H32Cl2N2O6. The number of esters is 1. The van der Waals surface area contributed by atoms with Gasteiger partial charge in [0.2, 0.25) is 0 Å². The van der Waals surface area contributed by atoms with Crippen molar-refractivity contribution in [2.45, 2.75) is 58.1 Å². The van der Waals surface area contributed by atoms with Crippen LogP contribution < -0.4 is 10.6 Å². The fraction of sp³-hybridized carbons (Fsp3) is 0.273. The Morgan fingerprint density at radius 2 is 1.63 bits per heavy atom. The number of nitrogens with one attached hydrogen (secondary N) is 2. The highest BCUT2D eigenvalue weighted by Crippen LogP contribution is 2.32. The standard InChI is InChI=1S/C33H32Cl2N2O6/c1-33(2,3)43-28(38)18-21-7-4-6-20-17-22(12-15-24(20)21)30(39)37-27(32(41)42)16-19-10-13-23(14-11-19)36-31(40)29-25(34)8-5-9-26(29)35/h5,8-15,17-18,27H,4,6-7,16H2,1-3H3,(H,36,40)(H,37,39)(H,41,42)/b21-18+/t27-/m0/s1. The van der Waals surface area contributed by atoms with Crippen LogP contribution in [0.2, 0.25) is 10.0 Å². The Hall–Kier alpha value is -4.14. The van der Waals surface area contributed by atoms with E-state index in [1.807, 2.05) is 20.8 Å². The zero-order valence-electron chi connectivity index (χ0n) is 24.0. The molecule has 1 aliphatic rings. The van der Waals surface area contributed by atoms with E-state index in [9.17, 15) is 24.3 Å². The Labute approximate surface area is 260 Å². The molecule has 0 bridgehead atoms. The van der Waals surface area contributed by atoms with Crippen LogP contribution in [0.1, 0.15) is 71.0 Å². The first-order chi connectivity index (χ1) is 20.3. The minimum Gasteiger partial charge on any atom is -0.480 e. The number of carbonyl (C=O) groups excluding carboxylic acids is 3. The van der Waals surface area contributed by atoms with Gasteiger partial charge in [-0.15, -0.1) is 0 Å². The Kier molecular flexibility index (Phi) is 9.94. The van der Waals surface area contributed by atoms with Gasteiger partial charge in [-0.3, -0.25) is 9.59 Å². The summed E-state index contributed by atoms with van der Waals surface area (Å²) in [6.07, 6.45) is 3.79. The molecule has 0 saturated carbocycles. The van der Waals surface area contributed by atoms with Gasteiger partial charge in [-0.2, -0.15) is 0 Å². The molecule has 0 spiro atoms. The molecule has 43 heavy (non-hydrogen) atoms. The van der Waals surface area contributed by atoms with Crippen molar-refractivity contribution in [1.29, 1.82) is 0 Å². The predicted octanol–water partition coefficient (Wildman–Crippen LogP) is 6.73. The molecule has 3 aromatic carbocycles. The third-order valence-corrected chi connectivity index (χ3v) is 7.38. The van der Waals surface area contributed by atoms with Crippen molar-refractivity contribution in [2.24, 2.45) is 0 Å². The van der Waals surface area contributed by atoms with Crippen molar-refractivity contribution < 1.29 is 29.0 Å². The number of rotatable bonds is 8. The Morgan fingerprint density at radius 3 is 2.26 bits per heavy atom. The molecule has 8 nitrogen and oxygen atoms in total. The van der Waals surface area contributed by atoms with E-state index >= 15 is 0 Å². The van der Waals surface area contributed by atoms with Gasteiger partial charge in [0.15, 0.2) is 0 Å². The lowest BCUT2D eigenvalue weighted by atomic mass is 9.86. The fourth-order valence-electron chi connectivity index (χ4n) is 4.79. The number of aliphatic carboxylic acids is 1. The minimum absolute atomic E-state index is 0.0271. The number of carboxylic acids is 1. The van der Waals surface area contributed by atoms with Crippen LogP contribution in [0.3, 0.4) is 0 Å². The maximum Gasteiger partial charge on any atom is 0.331 e. The van der Waals surface area contributed by atoms with Gasteiger partial charge in [-0.1, -0.05) is 47.5 Å². The van der Waals surface area contributed by atoms with Crippen molar-refractivity contribution in [3.63, 3.8) is 0 Å². The maximum absolute atomic E-state index is 13.1. The maximum atomic E-state index is 13.1. The number of hydrogen-bond acceptors (Lipinski definition) is 5. The van der Waals surface area contributed by atoms with Crippen LogP contribution >= 0.6 is 23.2 Å². The van der Waals surface area contributed by atoms with Crippen LogP contribution in [0.5, 0.6) is 0 Å². The van der Waals surface area contributed by atoms with Gasteiger partial charge in [0.1, 0.15) is 11.6 Å². The van der Waals surface area contributed by atoms with Gasteiger partial charge in [0, 0.05) is 23.7 Å². The Balaban J connectivity index is 1.42. The molecule has 0 heterocycles. The second-order valence-electron chi connectivity index (χ2n) is 11.2. The number of amides is 2. The fourth-order valence-corrected chi connectivity index (χ4v) is 5.36. The number of fused-ring (bicyclic) bond motifs is 1. The number of allylic oxidation sites excluding steroid dienone is 1. The molecule has 2 amide bonds. The second kappa shape index (κ2) is 13.4. The summed E-state index contributed by atoms with van der Waals surface area (Å²) in [6, 6.07) is 15.3. The number of aryl methyl sites for hydroxylation is 1. The lowest BCUT2D eigenvalue weighted by Gasteiger charge is -2.22. The van der Waals surface area contributed by atoms with Crippen molar-refractivity contribution >= 4 is 58.2 Å². The summed E-state index contributed by atoms with van der Waals surface area (Å²) in [5.74, 6) is -2.59. The zero-order chi connectivity index (χ0) is 31.3. The van der Waals surface area contributed by atoms with E-state index in [1.54, 1.807) is 60.7 Å². The first-order valence-corrected chi connectivity index (χ1v) is 14.5. The van der Waals surface area contributed by atoms with Crippen molar-refractivity contribution in [1.82, 2.24) is 5.32 Å². The van der Waals surface area contributed by atoms with Crippen LogP contribution in [0.15, 0.2) is 66.7 Å². The van der Waals surface area contributed by atoms with Gasteiger partial charge in [0.05, 0.1) is 15.6 Å². The normalized spacial score (nSPS) is 14.4. The number of carbonyl (C=O) groups is 4. The van der Waals surface area contributed by atoms with Crippen LogP contribution in [-0.4, -0.2) is 40.5 Å². The van der Waals surface area contributed by atoms with Crippen molar-refractivity contribution in [2.75, 3.05) is 5.32 Å². The third kappa shape index (κ3) is 8.46. The molecule has 0 radical (unpaired) electrons. The quantitative estimate of drug-likeness (QED) is 0.189. The van der Waals surface area contributed by atoms with Gasteiger partial charge in [-0.05, 0) is 98.7 Å². The van der Waals surface area contributed by atoms with E-state index < -0.39 is 35.4 Å². The number of anilines is 1. The smallest absolute Gasteiger partial charge is 0.331 e. The van der Waals surface area contributed by atoms with E-state index in [-0.39, 0.29) is 22.0 Å². The topological polar surface area (TPSA) is 122 Å². The molecule has 0 saturated heterocycles. The van der Waals surface area contributed by atoms with Gasteiger partial charge >= 0.3 is 11.9 Å². The largest absolute Gasteiger partial charge is 0.480 e. The number of benzene rings is 3. The summed E-state index contributed by atoms with van der Waals surface area (Å²) < 4.78 is 5.42.